The van der Waals surface area contributed by atoms with E-state index in [9.17, 15) is 43.2 Å². The van der Waals surface area contributed by atoms with Gasteiger partial charge < -0.3 is 33.8 Å². The predicted molar refractivity (Wildman–Crippen MR) is 418 cm³/mol. The van der Waals surface area contributed by atoms with Gasteiger partial charge in [0.05, 0.1) is 26.4 Å². The van der Waals surface area contributed by atoms with Gasteiger partial charge >= 0.3 is 39.5 Å². The molecule has 0 aromatic heterocycles. The van der Waals surface area contributed by atoms with Crippen molar-refractivity contribution in [2.75, 3.05) is 39.6 Å². The molecule has 5 atom stereocenters. The number of rotatable bonds is 74. The Balaban J connectivity index is 5.45. The third-order valence-electron chi connectivity index (χ3n) is 16.4. The lowest BCUT2D eigenvalue weighted by atomic mass is 10.1. The molecule has 19 heteroatoms. The largest absolute Gasteiger partial charge is 0.472 e. The molecule has 0 radical (unpaired) electrons. The number of unbranched alkanes of at least 4 members (excludes halogenated alkanes) is 29. The smallest absolute Gasteiger partial charge is 0.462 e. The summed E-state index contributed by atoms with van der Waals surface area (Å²) in [5.41, 5.74) is 0. The molecule has 3 N–H and O–H groups in total. The molecular formula is C83H142O17P2. The number of carbonyl (C=O) groups is 4. The van der Waals surface area contributed by atoms with Gasteiger partial charge in [-0.15, -0.1) is 0 Å². The molecule has 102 heavy (non-hydrogen) atoms. The highest BCUT2D eigenvalue weighted by molar-refractivity contribution is 7.47. The molecule has 2 unspecified atom stereocenters. The maximum absolute atomic E-state index is 13.1. The Bertz CT molecular complexity index is 2410. The molecule has 0 aliphatic carbocycles. The summed E-state index contributed by atoms with van der Waals surface area (Å²) in [6.45, 7) is 4.68. The summed E-state index contributed by atoms with van der Waals surface area (Å²) in [4.78, 5) is 73.0. The van der Waals surface area contributed by atoms with Crippen molar-refractivity contribution in [1.82, 2.24) is 0 Å². The summed E-state index contributed by atoms with van der Waals surface area (Å²) in [5, 5.41) is 10.6. The summed E-state index contributed by atoms with van der Waals surface area (Å²) in [6.07, 6.45) is 81.8. The van der Waals surface area contributed by atoms with Crippen molar-refractivity contribution in [1.29, 1.82) is 0 Å². The standard InChI is InChI=1S/C83H142O17P2/c1-5-9-13-17-21-25-29-33-37-38-42-44-48-52-56-60-64-68-81(86)94-74-79(100-83(88)70-66-62-58-54-50-46-41-36-32-28-24-20-16-12-8-4)76-98-102(91,92)96-72-77(84)71-95-101(89,90)97-75-78(99-82(87)69-65-61-57-53-49-45-40-35-31-27-23-19-15-11-7-3)73-93-80(85)67-63-59-55-51-47-43-39-34-30-26-22-18-14-10-6-2/h21-23,25-28,32-37,39-42,44,52,56,77-79,84H,5-20,24,29-31,38,43,45-51,53-55,57-76H2,1-4H3,(H,89,90)(H,91,92)/b25-21-,26-22-,27-23-,32-28-,37-33-,39-34-,40-35-,41-36-,44-42-,56-52-/t77-,78-,79-/m1/s1. The second-order valence-electron chi connectivity index (χ2n) is 26.3. The zero-order valence-corrected chi connectivity index (χ0v) is 65.8. The van der Waals surface area contributed by atoms with Crippen molar-refractivity contribution in [3.8, 4) is 0 Å². The molecule has 0 amide bonds. The number of ether oxygens (including phenoxy) is 4. The van der Waals surface area contributed by atoms with Crippen LogP contribution in [0.3, 0.4) is 0 Å². The van der Waals surface area contributed by atoms with E-state index in [0.29, 0.717) is 32.1 Å². The van der Waals surface area contributed by atoms with E-state index in [1.54, 1.807) is 0 Å². The van der Waals surface area contributed by atoms with Gasteiger partial charge in [0, 0.05) is 25.7 Å². The van der Waals surface area contributed by atoms with Gasteiger partial charge in [-0.3, -0.25) is 37.3 Å². The molecule has 0 aromatic rings. The molecule has 0 fully saturated rings. The first-order chi connectivity index (χ1) is 49.7. The fourth-order valence-corrected chi connectivity index (χ4v) is 11.8. The Labute approximate surface area is 619 Å². The van der Waals surface area contributed by atoms with Crippen LogP contribution in [0.15, 0.2) is 122 Å². The van der Waals surface area contributed by atoms with Crippen molar-refractivity contribution in [2.24, 2.45) is 0 Å². The maximum Gasteiger partial charge on any atom is 0.472 e. The monoisotopic (exact) mass is 1470 g/mol. The Kier molecular flexibility index (Phi) is 71.4. The van der Waals surface area contributed by atoms with Gasteiger partial charge in [-0.25, -0.2) is 9.13 Å². The molecule has 586 valence electrons. The Morgan fingerprint density at radius 3 is 0.853 bits per heavy atom. The van der Waals surface area contributed by atoms with Crippen LogP contribution < -0.4 is 0 Å². The molecule has 0 aliphatic heterocycles. The van der Waals surface area contributed by atoms with Gasteiger partial charge in [-0.05, 0) is 154 Å². The Hall–Kier alpha value is -4.54. The lowest BCUT2D eigenvalue weighted by Gasteiger charge is -2.21. The van der Waals surface area contributed by atoms with E-state index in [0.717, 1.165) is 154 Å². The number of aliphatic hydroxyl groups excluding tert-OH is 1. The van der Waals surface area contributed by atoms with E-state index in [1.165, 1.54) is 83.5 Å². The number of allylic oxidation sites excluding steroid dienone is 20. The van der Waals surface area contributed by atoms with Crippen LogP contribution >= 0.6 is 15.6 Å². The molecule has 0 aliphatic rings. The Morgan fingerprint density at radius 1 is 0.284 bits per heavy atom. The topological polar surface area (TPSA) is 237 Å². The average molecular weight is 1470 g/mol. The predicted octanol–water partition coefficient (Wildman–Crippen LogP) is 23.1. The van der Waals surface area contributed by atoms with Gasteiger partial charge in [0.2, 0.25) is 0 Å². The van der Waals surface area contributed by atoms with Gasteiger partial charge in [-0.2, -0.15) is 0 Å². The van der Waals surface area contributed by atoms with Gasteiger partial charge in [-0.1, -0.05) is 265 Å². The number of hydrogen-bond donors (Lipinski definition) is 3. The SMILES string of the molecule is CCCCC/C=C\C/C=C\C/C=C\C/C=C\CCCC(=O)OC[C@H](COP(=O)(O)OC[C@H](O)COP(=O)(O)OC[C@@H](COC(=O)CCCCCCC/C=C\C/C=C\CCCCC)OC(=O)CCCCCCC/C=C\C/C=C\CCCCC)OC(=O)CCCCCCC/C=C\C=C/CCCCCC. The molecule has 0 heterocycles. The van der Waals surface area contributed by atoms with Crippen LogP contribution in [0, 0.1) is 0 Å². The van der Waals surface area contributed by atoms with Crippen LogP contribution in [0.2, 0.25) is 0 Å². The third-order valence-corrected chi connectivity index (χ3v) is 18.3. The first kappa shape index (κ1) is 97.5. The molecule has 0 saturated carbocycles. The molecule has 0 spiro atoms. The van der Waals surface area contributed by atoms with Crippen molar-refractivity contribution >= 4 is 39.5 Å². The fourth-order valence-electron chi connectivity index (χ4n) is 10.3. The van der Waals surface area contributed by atoms with Crippen molar-refractivity contribution in [3.05, 3.63) is 122 Å². The number of phosphoric acid groups is 2. The number of aliphatic hydroxyl groups is 1. The minimum absolute atomic E-state index is 0.0633. The number of phosphoric ester groups is 2. The van der Waals surface area contributed by atoms with Crippen LogP contribution in [-0.2, 0) is 65.4 Å². The van der Waals surface area contributed by atoms with Gasteiger partial charge in [0.25, 0.3) is 0 Å². The summed E-state index contributed by atoms with van der Waals surface area (Å²) in [7, 11) is -9.99. The highest BCUT2D eigenvalue weighted by atomic mass is 31.2. The van der Waals surface area contributed by atoms with Crippen LogP contribution in [-0.4, -0.2) is 96.7 Å². The second kappa shape index (κ2) is 74.7. The lowest BCUT2D eigenvalue weighted by Crippen LogP contribution is -2.30. The third kappa shape index (κ3) is 73.8. The van der Waals surface area contributed by atoms with Crippen molar-refractivity contribution in [3.63, 3.8) is 0 Å². The zero-order valence-electron chi connectivity index (χ0n) is 64.0. The van der Waals surface area contributed by atoms with E-state index in [2.05, 4.69) is 137 Å². The normalized spacial score (nSPS) is 14.5. The van der Waals surface area contributed by atoms with E-state index in [4.69, 9.17) is 37.0 Å². The summed E-state index contributed by atoms with van der Waals surface area (Å²) >= 11 is 0. The molecule has 0 saturated heterocycles. The fraction of sp³-hybridized carbons (Fsp3) is 0.711. The maximum atomic E-state index is 13.1. The lowest BCUT2D eigenvalue weighted by molar-refractivity contribution is -0.161. The van der Waals surface area contributed by atoms with Gasteiger partial charge in [0.1, 0.15) is 19.3 Å². The second-order valence-corrected chi connectivity index (χ2v) is 29.2. The zero-order chi connectivity index (χ0) is 74.6. The summed E-state index contributed by atoms with van der Waals surface area (Å²) in [5.74, 6) is -2.28. The summed E-state index contributed by atoms with van der Waals surface area (Å²) < 4.78 is 68.5. The number of carbonyl (C=O) groups excluding carboxylic acids is 4. The highest BCUT2D eigenvalue weighted by Gasteiger charge is 2.30. The summed E-state index contributed by atoms with van der Waals surface area (Å²) in [6, 6.07) is 0. The molecule has 0 bridgehead atoms. The van der Waals surface area contributed by atoms with E-state index in [-0.39, 0.29) is 25.7 Å². The highest BCUT2D eigenvalue weighted by Crippen LogP contribution is 2.45. The van der Waals surface area contributed by atoms with E-state index >= 15 is 0 Å². The Morgan fingerprint density at radius 2 is 0.520 bits per heavy atom. The first-order valence-corrected chi connectivity index (χ1v) is 42.8. The molecule has 0 rings (SSSR count). The van der Waals surface area contributed by atoms with Crippen molar-refractivity contribution in [2.45, 2.75) is 341 Å². The quantitative estimate of drug-likeness (QED) is 0.0128. The van der Waals surface area contributed by atoms with E-state index in [1.807, 2.05) is 12.2 Å². The molecule has 0 aromatic carbocycles. The molecular weight excluding hydrogens is 1330 g/mol. The van der Waals surface area contributed by atoms with Crippen LogP contribution in [0.25, 0.3) is 0 Å². The van der Waals surface area contributed by atoms with Crippen molar-refractivity contribution < 1.29 is 80.2 Å². The molecule has 17 nitrogen and oxygen atoms in total. The number of esters is 4. The average Bonchev–Trinajstić information content (AvgIpc) is 0.923. The minimum Gasteiger partial charge on any atom is -0.462 e. The van der Waals surface area contributed by atoms with Crippen LogP contribution in [0.5, 0.6) is 0 Å². The number of hydrogen-bond acceptors (Lipinski definition) is 15. The minimum atomic E-state index is -5.00. The van der Waals surface area contributed by atoms with Crippen LogP contribution in [0.1, 0.15) is 323 Å². The van der Waals surface area contributed by atoms with Gasteiger partial charge in [0.15, 0.2) is 12.2 Å². The first-order valence-electron chi connectivity index (χ1n) is 39.8. The van der Waals surface area contributed by atoms with E-state index < -0.39 is 97.5 Å². The van der Waals surface area contributed by atoms with Crippen LogP contribution in [0.4, 0.5) is 0 Å².